The first-order valence-corrected chi connectivity index (χ1v) is 20.9. The average molecular weight is 882 g/mol. The van der Waals surface area contributed by atoms with Crippen molar-refractivity contribution in [3.63, 3.8) is 0 Å². The number of aldehydes is 1. The van der Waals surface area contributed by atoms with Gasteiger partial charge < -0.3 is 38.6 Å². The number of nitrogens with one attached hydrogen (secondary N) is 2. The summed E-state index contributed by atoms with van der Waals surface area (Å²) in [7, 11) is 0. The van der Waals surface area contributed by atoms with Gasteiger partial charge in [-0.2, -0.15) is 0 Å². The van der Waals surface area contributed by atoms with E-state index in [1.807, 2.05) is 62.3 Å². The van der Waals surface area contributed by atoms with Gasteiger partial charge in [-0.3, -0.25) is 10.6 Å². The Kier molecular flexibility index (Phi) is 19.5. The van der Waals surface area contributed by atoms with Crippen molar-refractivity contribution in [2.24, 2.45) is 11.8 Å². The lowest BCUT2D eigenvalue weighted by molar-refractivity contribution is -0.112. The number of piperidine rings is 2. The fourth-order valence-corrected chi connectivity index (χ4v) is 6.09. The Hall–Kier alpha value is -4.27. The number of aliphatic hydroxyl groups is 1. The zero-order chi connectivity index (χ0) is 45.6. The maximum Gasteiger partial charge on any atom is 0.412 e. The van der Waals surface area contributed by atoms with Crippen molar-refractivity contribution in [3.05, 3.63) is 58.1 Å². The van der Waals surface area contributed by atoms with Gasteiger partial charge in [-0.25, -0.2) is 19.2 Å². The number of hydrogen-bond donors (Lipinski definition) is 3. The molecule has 16 heteroatoms. The number of anilines is 2. The summed E-state index contributed by atoms with van der Waals surface area (Å²) in [5.74, 6) is 0.0324. The summed E-state index contributed by atoms with van der Waals surface area (Å²) in [6.45, 7) is 24.1. The molecule has 14 nitrogen and oxygen atoms in total. The second-order valence-corrected chi connectivity index (χ2v) is 19.6. The summed E-state index contributed by atoms with van der Waals surface area (Å²) in [4.78, 5) is 61.3. The van der Waals surface area contributed by atoms with Gasteiger partial charge in [-0.15, -0.1) is 0 Å². The topological polar surface area (TPSA) is 173 Å². The van der Waals surface area contributed by atoms with Gasteiger partial charge in [0.2, 0.25) is 0 Å². The maximum atomic E-state index is 12.3. The van der Waals surface area contributed by atoms with Crippen LogP contribution in [0, 0.1) is 11.8 Å². The van der Waals surface area contributed by atoms with Crippen LogP contribution < -0.4 is 10.6 Å². The molecule has 2 aromatic rings. The highest BCUT2D eigenvalue weighted by atomic mass is 35.5. The van der Waals surface area contributed by atoms with E-state index >= 15 is 0 Å². The normalized spacial score (nSPS) is 15.8. The largest absolute Gasteiger partial charge is 0.444 e. The van der Waals surface area contributed by atoms with Crippen molar-refractivity contribution >= 4 is 65.2 Å². The highest BCUT2D eigenvalue weighted by molar-refractivity contribution is 6.31. The zero-order valence-corrected chi connectivity index (χ0v) is 38.8. The smallest absolute Gasteiger partial charge is 0.412 e. The number of likely N-dealkylation sites (tertiary alicyclic amines) is 2. The Morgan fingerprint density at radius 1 is 0.633 bits per heavy atom. The number of ether oxygens (including phenoxy) is 4. The standard InChI is InChI=1S/C22H33ClN2O5.C11H14ClNO2.C11H19NO3/c1-21(2,3)29-19(27)24-17-8-7-15(23)13-16(17)18(26)14-9-11-25(12-10-14)20(28)30-22(4,5)6;1-11(2,3)15-10(14)13-9-6-4-8(12)5-7-9;1-11(2,3)15-10(14)12-6-4-9(8-13)5-7-12/h7-8,13-14,18,26H,9-12H2,1-6H3,(H,24,27);4-7H,1-3H3,(H,13,14);8-9H,4-7H2,1-3H3. The Bertz CT molecular complexity index is 1710. The average Bonchev–Trinajstić information content (AvgIpc) is 3.11. The molecule has 0 spiro atoms. The van der Waals surface area contributed by atoms with E-state index in [4.69, 9.17) is 42.1 Å². The van der Waals surface area contributed by atoms with Gasteiger partial charge in [0.05, 0.1) is 6.10 Å². The minimum absolute atomic E-state index is 0.0821. The van der Waals surface area contributed by atoms with Gasteiger partial charge in [0.1, 0.15) is 28.7 Å². The van der Waals surface area contributed by atoms with Crippen LogP contribution in [0.25, 0.3) is 0 Å². The molecular formula is C44H66Cl2N4O10. The molecule has 0 saturated carbocycles. The van der Waals surface area contributed by atoms with E-state index in [9.17, 15) is 29.1 Å². The van der Waals surface area contributed by atoms with E-state index in [1.54, 1.807) is 73.0 Å². The number of aliphatic hydroxyl groups excluding tert-OH is 1. The molecule has 2 saturated heterocycles. The number of hydrogen-bond acceptors (Lipinski definition) is 10. The van der Waals surface area contributed by atoms with Crippen LogP contribution in [0.2, 0.25) is 10.0 Å². The molecule has 0 aliphatic carbocycles. The third kappa shape index (κ3) is 20.8. The minimum atomic E-state index is -0.838. The molecule has 1 atom stereocenters. The summed E-state index contributed by atoms with van der Waals surface area (Å²) >= 11 is 11.9. The van der Waals surface area contributed by atoms with Crippen LogP contribution in [0.4, 0.5) is 30.6 Å². The Morgan fingerprint density at radius 2 is 1.03 bits per heavy atom. The molecule has 2 heterocycles. The van der Waals surface area contributed by atoms with E-state index in [-0.39, 0.29) is 24.0 Å². The van der Waals surface area contributed by atoms with Gasteiger partial charge in [0.25, 0.3) is 0 Å². The van der Waals surface area contributed by atoms with E-state index in [0.29, 0.717) is 66.0 Å². The number of rotatable bonds is 5. The Labute approximate surface area is 365 Å². The van der Waals surface area contributed by atoms with Crippen LogP contribution in [-0.2, 0) is 23.7 Å². The molecule has 3 N–H and O–H groups in total. The van der Waals surface area contributed by atoms with E-state index < -0.39 is 40.7 Å². The Balaban J connectivity index is 0.000000346. The van der Waals surface area contributed by atoms with Crippen LogP contribution in [0.15, 0.2) is 42.5 Å². The highest BCUT2D eigenvalue weighted by Gasteiger charge is 2.32. The first-order chi connectivity index (χ1) is 27.5. The molecule has 4 rings (SSSR count). The molecule has 60 heavy (non-hydrogen) atoms. The predicted octanol–water partition coefficient (Wildman–Crippen LogP) is 10.9. The summed E-state index contributed by atoms with van der Waals surface area (Å²) < 4.78 is 21.1. The molecule has 2 aliphatic heterocycles. The Morgan fingerprint density at radius 3 is 1.45 bits per heavy atom. The minimum Gasteiger partial charge on any atom is -0.444 e. The third-order valence-electron chi connectivity index (χ3n) is 8.48. The molecule has 2 aliphatic rings. The number of carbonyl (C=O) groups is 5. The van der Waals surface area contributed by atoms with Gasteiger partial charge in [0.15, 0.2) is 0 Å². The quantitative estimate of drug-likeness (QED) is 0.194. The van der Waals surface area contributed by atoms with Crippen LogP contribution >= 0.6 is 23.2 Å². The van der Waals surface area contributed by atoms with Crippen molar-refractivity contribution in [1.82, 2.24) is 9.80 Å². The number of nitrogens with zero attached hydrogens (tertiary/aromatic N) is 2. The van der Waals surface area contributed by atoms with Gasteiger partial charge in [-0.1, -0.05) is 23.2 Å². The first-order valence-electron chi connectivity index (χ1n) is 20.2. The molecule has 2 aromatic carbocycles. The lowest BCUT2D eigenvalue weighted by atomic mass is 9.87. The first kappa shape index (κ1) is 51.9. The van der Waals surface area contributed by atoms with E-state index in [1.165, 1.54) is 0 Å². The molecule has 4 amide bonds. The fraction of sp³-hybridized carbons (Fsp3) is 0.614. The van der Waals surface area contributed by atoms with Crippen molar-refractivity contribution in [2.75, 3.05) is 36.8 Å². The fourth-order valence-electron chi connectivity index (χ4n) is 5.78. The number of carbonyl (C=O) groups excluding carboxylic acids is 5. The molecule has 2 fully saturated rings. The maximum absolute atomic E-state index is 12.3. The molecule has 0 aromatic heterocycles. The lowest BCUT2D eigenvalue weighted by Crippen LogP contribution is -2.42. The van der Waals surface area contributed by atoms with Crippen molar-refractivity contribution < 1.29 is 48.0 Å². The van der Waals surface area contributed by atoms with Gasteiger partial charge in [0, 0.05) is 59.1 Å². The van der Waals surface area contributed by atoms with Crippen LogP contribution in [0.3, 0.4) is 0 Å². The molecule has 336 valence electrons. The summed E-state index contributed by atoms with van der Waals surface area (Å²) in [6, 6.07) is 11.8. The molecular weight excluding hydrogens is 815 g/mol. The van der Waals surface area contributed by atoms with Gasteiger partial charge in [-0.05, 0) is 157 Å². The predicted molar refractivity (Wildman–Crippen MR) is 235 cm³/mol. The summed E-state index contributed by atoms with van der Waals surface area (Å²) in [6.07, 6.45) is 1.18. The lowest BCUT2D eigenvalue weighted by Gasteiger charge is -2.35. The zero-order valence-electron chi connectivity index (χ0n) is 37.3. The second-order valence-electron chi connectivity index (χ2n) is 18.7. The number of halogens is 2. The SMILES string of the molecule is CC(C)(C)OC(=O)N1CCC(C=O)CC1.CC(C)(C)OC(=O)Nc1ccc(Cl)cc1.CC(C)(C)OC(=O)Nc1ccc(Cl)cc1C(O)C1CCN(C(=O)OC(C)(C)C)CC1. The summed E-state index contributed by atoms with van der Waals surface area (Å²) in [5.41, 5.74) is -0.469. The van der Waals surface area contributed by atoms with Crippen molar-refractivity contribution in [1.29, 1.82) is 0 Å². The van der Waals surface area contributed by atoms with Crippen LogP contribution in [-0.4, -0.2) is 94.1 Å². The molecule has 1 unspecified atom stereocenters. The van der Waals surface area contributed by atoms with Gasteiger partial charge >= 0.3 is 24.4 Å². The van der Waals surface area contributed by atoms with E-state index in [0.717, 1.165) is 19.1 Å². The highest BCUT2D eigenvalue weighted by Crippen LogP contribution is 2.36. The second kappa shape index (κ2) is 22.5. The number of amides is 4. The number of benzene rings is 2. The summed E-state index contributed by atoms with van der Waals surface area (Å²) in [5, 5.41) is 17.4. The van der Waals surface area contributed by atoms with Crippen molar-refractivity contribution in [3.8, 4) is 0 Å². The molecule has 0 bridgehead atoms. The van der Waals surface area contributed by atoms with Crippen LogP contribution in [0.1, 0.15) is 120 Å². The molecule has 0 radical (unpaired) electrons. The van der Waals surface area contributed by atoms with Crippen LogP contribution in [0.5, 0.6) is 0 Å². The monoisotopic (exact) mass is 880 g/mol. The van der Waals surface area contributed by atoms with E-state index in [2.05, 4.69) is 10.6 Å². The van der Waals surface area contributed by atoms with Crippen molar-refractivity contribution in [2.45, 2.75) is 137 Å². The third-order valence-corrected chi connectivity index (χ3v) is 8.97.